The zero-order valence-electron chi connectivity index (χ0n) is 14.5. The van der Waals surface area contributed by atoms with Gasteiger partial charge in [-0.1, -0.05) is 0 Å². The minimum Gasteiger partial charge on any atom is -0.317 e. The number of aromatic amines is 1. The van der Waals surface area contributed by atoms with Crippen LogP contribution in [0.4, 0.5) is 0 Å². The van der Waals surface area contributed by atoms with Gasteiger partial charge in [0.15, 0.2) is 9.84 Å². The summed E-state index contributed by atoms with van der Waals surface area (Å²) >= 11 is 0. The Hall–Kier alpha value is -1.42. The second kappa shape index (κ2) is 7.67. The number of hydrogen-bond acceptors (Lipinski definition) is 6. The van der Waals surface area contributed by atoms with Crippen LogP contribution in [-0.2, 0) is 16.4 Å². The van der Waals surface area contributed by atoms with Gasteiger partial charge >= 0.3 is 0 Å². The molecule has 2 fully saturated rings. The highest BCUT2D eigenvalue weighted by molar-refractivity contribution is 7.91. The van der Waals surface area contributed by atoms with Crippen molar-refractivity contribution in [2.24, 2.45) is 0 Å². The van der Waals surface area contributed by atoms with Gasteiger partial charge in [0.25, 0.3) is 5.56 Å². The SMILES string of the molecule is Cl.O=c1cc(C2CCNCC2)n2ncc(CN3CCS(=O)(=O)CC3)c2[nH]1. The van der Waals surface area contributed by atoms with E-state index in [2.05, 4.69) is 20.3 Å². The molecule has 0 spiro atoms. The number of hydrogen-bond donors (Lipinski definition) is 2. The molecule has 0 unspecified atom stereocenters. The maximum atomic E-state index is 12.2. The predicted molar refractivity (Wildman–Crippen MR) is 102 cm³/mol. The molecule has 8 nitrogen and oxygen atoms in total. The van der Waals surface area contributed by atoms with Crippen LogP contribution in [0.25, 0.3) is 5.65 Å². The van der Waals surface area contributed by atoms with E-state index in [1.54, 1.807) is 12.3 Å². The Morgan fingerprint density at radius 3 is 2.58 bits per heavy atom. The van der Waals surface area contributed by atoms with Crippen LogP contribution in [0.2, 0.25) is 0 Å². The van der Waals surface area contributed by atoms with Crippen LogP contribution >= 0.6 is 12.4 Å². The van der Waals surface area contributed by atoms with Gasteiger partial charge in [-0.2, -0.15) is 5.10 Å². The summed E-state index contributed by atoms with van der Waals surface area (Å²) in [5.41, 5.74) is 2.53. The number of nitrogens with one attached hydrogen (secondary N) is 2. The van der Waals surface area contributed by atoms with Crippen LogP contribution in [0.3, 0.4) is 0 Å². The van der Waals surface area contributed by atoms with E-state index in [9.17, 15) is 13.2 Å². The number of halogens is 1. The molecule has 0 atom stereocenters. The molecule has 0 radical (unpaired) electrons. The number of nitrogens with zero attached hydrogens (tertiary/aromatic N) is 3. The third-order valence-corrected chi connectivity index (χ3v) is 6.81. The first-order valence-electron chi connectivity index (χ1n) is 8.75. The number of sulfone groups is 1. The molecule has 26 heavy (non-hydrogen) atoms. The topological polar surface area (TPSA) is 99.6 Å². The van der Waals surface area contributed by atoms with Gasteiger partial charge in [0.05, 0.1) is 23.4 Å². The van der Waals surface area contributed by atoms with Crippen LogP contribution in [0.1, 0.15) is 30.0 Å². The number of rotatable bonds is 3. The average Bonchev–Trinajstić information content (AvgIpc) is 2.99. The second-order valence-corrected chi connectivity index (χ2v) is 9.24. The molecule has 4 heterocycles. The summed E-state index contributed by atoms with van der Waals surface area (Å²) in [6.07, 6.45) is 3.79. The number of aromatic nitrogens is 3. The monoisotopic (exact) mass is 401 g/mol. The lowest BCUT2D eigenvalue weighted by Gasteiger charge is -2.26. The number of piperidine rings is 1. The molecule has 2 aliphatic rings. The summed E-state index contributed by atoms with van der Waals surface area (Å²) in [7, 11) is -2.89. The second-order valence-electron chi connectivity index (χ2n) is 6.94. The first-order chi connectivity index (χ1) is 12.0. The predicted octanol–water partition coefficient (Wildman–Crippen LogP) is 0.142. The first-order valence-corrected chi connectivity index (χ1v) is 10.6. The van der Waals surface area contributed by atoms with E-state index in [-0.39, 0.29) is 29.5 Å². The highest BCUT2D eigenvalue weighted by Crippen LogP contribution is 2.25. The minimum atomic E-state index is -2.89. The van der Waals surface area contributed by atoms with Crippen LogP contribution < -0.4 is 10.9 Å². The van der Waals surface area contributed by atoms with E-state index in [4.69, 9.17) is 0 Å². The Bertz CT molecular complexity index is 919. The van der Waals surface area contributed by atoms with Crippen LogP contribution in [0.15, 0.2) is 17.1 Å². The van der Waals surface area contributed by atoms with Crippen molar-refractivity contribution in [3.05, 3.63) is 33.9 Å². The van der Waals surface area contributed by atoms with Gasteiger partial charge in [-0.15, -0.1) is 12.4 Å². The molecular formula is C16H24ClN5O3S. The standard InChI is InChI=1S/C16H23N5O3S.ClH/c22-15-9-14(12-1-3-17-4-2-12)21-16(19-15)13(10-18-21)11-20-5-7-25(23,24)8-6-20;/h9-10,12,17H,1-8,11H2,(H,19,22);1H. The zero-order valence-corrected chi connectivity index (χ0v) is 16.1. The van der Waals surface area contributed by atoms with Crippen LogP contribution in [0.5, 0.6) is 0 Å². The molecule has 0 bridgehead atoms. The molecule has 0 amide bonds. The van der Waals surface area contributed by atoms with Crippen molar-refractivity contribution in [3.8, 4) is 0 Å². The fraction of sp³-hybridized carbons (Fsp3) is 0.625. The van der Waals surface area contributed by atoms with E-state index < -0.39 is 9.84 Å². The third-order valence-electron chi connectivity index (χ3n) is 5.20. The smallest absolute Gasteiger partial charge is 0.251 e. The number of fused-ring (bicyclic) bond motifs is 1. The molecule has 2 aliphatic heterocycles. The largest absolute Gasteiger partial charge is 0.317 e. The normalized spacial score (nSPS) is 21.5. The molecular weight excluding hydrogens is 378 g/mol. The highest BCUT2D eigenvalue weighted by atomic mass is 35.5. The molecule has 0 aromatic carbocycles. The van der Waals surface area contributed by atoms with Crippen molar-refractivity contribution in [2.45, 2.75) is 25.3 Å². The van der Waals surface area contributed by atoms with Crippen LogP contribution in [-0.4, -0.2) is 65.6 Å². The lowest BCUT2D eigenvalue weighted by atomic mass is 9.94. The van der Waals surface area contributed by atoms with E-state index in [0.717, 1.165) is 42.8 Å². The van der Waals surface area contributed by atoms with Crippen molar-refractivity contribution < 1.29 is 8.42 Å². The lowest BCUT2D eigenvalue weighted by molar-refractivity contribution is 0.288. The highest BCUT2D eigenvalue weighted by Gasteiger charge is 2.24. The Kier molecular flexibility index (Phi) is 5.71. The Labute approximate surface area is 158 Å². The maximum Gasteiger partial charge on any atom is 0.251 e. The molecule has 10 heteroatoms. The van der Waals surface area contributed by atoms with Gasteiger partial charge in [0.1, 0.15) is 5.65 Å². The summed E-state index contributed by atoms with van der Waals surface area (Å²) in [6, 6.07) is 1.66. The summed E-state index contributed by atoms with van der Waals surface area (Å²) in [6.45, 7) is 3.56. The lowest BCUT2D eigenvalue weighted by Crippen LogP contribution is -2.39. The van der Waals surface area contributed by atoms with E-state index in [1.807, 2.05) is 4.52 Å². The molecule has 4 rings (SSSR count). The van der Waals surface area contributed by atoms with Gasteiger partial charge in [0, 0.05) is 37.2 Å². The van der Waals surface area contributed by atoms with Gasteiger partial charge in [-0.3, -0.25) is 9.69 Å². The van der Waals surface area contributed by atoms with Crippen molar-refractivity contribution in [2.75, 3.05) is 37.7 Å². The molecule has 144 valence electrons. The first kappa shape index (κ1) is 19.3. The van der Waals surface area contributed by atoms with E-state index in [1.165, 1.54) is 0 Å². The molecule has 2 aromatic heterocycles. The van der Waals surface area contributed by atoms with E-state index >= 15 is 0 Å². The van der Waals surface area contributed by atoms with Crippen molar-refractivity contribution >= 4 is 27.9 Å². The van der Waals surface area contributed by atoms with Crippen LogP contribution in [0, 0.1) is 0 Å². The van der Waals surface area contributed by atoms with Gasteiger partial charge in [0.2, 0.25) is 0 Å². The quantitative estimate of drug-likeness (QED) is 0.759. The maximum absolute atomic E-state index is 12.2. The summed E-state index contributed by atoms with van der Waals surface area (Å²) in [5, 5.41) is 7.85. The summed E-state index contributed by atoms with van der Waals surface area (Å²) in [5.74, 6) is 0.727. The Morgan fingerprint density at radius 2 is 1.88 bits per heavy atom. The third kappa shape index (κ3) is 3.95. The van der Waals surface area contributed by atoms with Crippen molar-refractivity contribution in [1.29, 1.82) is 0 Å². The Morgan fingerprint density at radius 1 is 1.19 bits per heavy atom. The molecule has 0 aliphatic carbocycles. The molecule has 2 N–H and O–H groups in total. The van der Waals surface area contributed by atoms with E-state index in [0.29, 0.717) is 25.6 Å². The summed E-state index contributed by atoms with van der Waals surface area (Å²) in [4.78, 5) is 17.2. The van der Waals surface area contributed by atoms with Gasteiger partial charge < -0.3 is 10.3 Å². The van der Waals surface area contributed by atoms with Gasteiger partial charge in [-0.25, -0.2) is 12.9 Å². The number of H-pyrrole nitrogens is 1. The minimum absolute atomic E-state index is 0. The summed E-state index contributed by atoms with van der Waals surface area (Å²) < 4.78 is 25.0. The molecule has 0 saturated carbocycles. The fourth-order valence-electron chi connectivity index (χ4n) is 3.73. The van der Waals surface area contributed by atoms with Crippen molar-refractivity contribution in [3.63, 3.8) is 0 Å². The van der Waals surface area contributed by atoms with Crippen molar-refractivity contribution in [1.82, 2.24) is 24.8 Å². The fourth-order valence-corrected chi connectivity index (χ4v) is 5.01. The molecule has 2 saturated heterocycles. The zero-order chi connectivity index (χ0) is 17.4. The van der Waals surface area contributed by atoms with Gasteiger partial charge in [-0.05, 0) is 25.9 Å². The Balaban J connectivity index is 0.00000196. The molecule has 2 aromatic rings. The average molecular weight is 402 g/mol.